The number of halogens is 3. The van der Waals surface area contributed by atoms with Crippen LogP contribution >= 0.6 is 0 Å². The molecule has 2 aromatic rings. The van der Waals surface area contributed by atoms with E-state index in [9.17, 15) is 23.1 Å². The summed E-state index contributed by atoms with van der Waals surface area (Å²) in [6, 6.07) is 10.7. The van der Waals surface area contributed by atoms with E-state index in [1.54, 1.807) is 18.2 Å². The van der Waals surface area contributed by atoms with E-state index in [1.165, 1.54) is 24.3 Å². The van der Waals surface area contributed by atoms with Gasteiger partial charge in [0.2, 0.25) is 0 Å². The number of hydrogen-bond donors (Lipinski definition) is 1. The summed E-state index contributed by atoms with van der Waals surface area (Å²) in [5.74, 6) is 0. The van der Waals surface area contributed by atoms with Crippen LogP contribution in [0.4, 0.5) is 13.2 Å². The van der Waals surface area contributed by atoms with Gasteiger partial charge in [0.05, 0.1) is 0 Å². The summed E-state index contributed by atoms with van der Waals surface area (Å²) in [4.78, 5) is 10.7. The number of aliphatic hydroxyl groups is 1. The van der Waals surface area contributed by atoms with Crippen molar-refractivity contribution in [3.63, 3.8) is 0 Å². The highest BCUT2D eigenvalue weighted by Gasteiger charge is 2.51. The Labute approximate surface area is 126 Å². The smallest absolute Gasteiger partial charge is 0.376 e. The first-order chi connectivity index (χ1) is 10.2. The number of aryl methyl sites for hydroxylation is 1. The lowest BCUT2D eigenvalue weighted by molar-refractivity contribution is -0.258. The van der Waals surface area contributed by atoms with Crippen molar-refractivity contribution >= 4 is 6.29 Å². The number of alkyl halides is 3. The molecule has 2 aromatic carbocycles. The van der Waals surface area contributed by atoms with E-state index in [1.807, 2.05) is 6.92 Å². The molecule has 0 saturated carbocycles. The highest BCUT2D eigenvalue weighted by molar-refractivity contribution is 5.78. The quantitative estimate of drug-likeness (QED) is 0.861. The van der Waals surface area contributed by atoms with Crippen molar-refractivity contribution in [2.75, 3.05) is 0 Å². The zero-order valence-corrected chi connectivity index (χ0v) is 12.1. The Hall–Kier alpha value is -2.14. The van der Waals surface area contributed by atoms with Crippen LogP contribution < -0.4 is 0 Å². The molecule has 0 fully saturated rings. The molecule has 0 aromatic heterocycles. The number of benzene rings is 2. The number of rotatable bonds is 3. The second-order valence-corrected chi connectivity index (χ2v) is 5.34. The highest BCUT2D eigenvalue weighted by Crippen LogP contribution is 2.39. The normalized spacial score (nSPS) is 14.5. The van der Waals surface area contributed by atoms with Crippen LogP contribution in [0.2, 0.25) is 0 Å². The molecule has 0 saturated heterocycles. The first-order valence-corrected chi connectivity index (χ1v) is 6.62. The number of aldehydes is 1. The summed E-state index contributed by atoms with van der Waals surface area (Å²) >= 11 is 0. The van der Waals surface area contributed by atoms with Gasteiger partial charge in [-0.3, -0.25) is 4.79 Å². The van der Waals surface area contributed by atoms with Gasteiger partial charge in [0, 0.05) is 5.56 Å². The maximum absolute atomic E-state index is 12.8. The van der Waals surface area contributed by atoms with Crippen molar-refractivity contribution in [1.82, 2.24) is 0 Å². The van der Waals surface area contributed by atoms with E-state index < -0.39 is 11.8 Å². The zero-order valence-electron chi connectivity index (χ0n) is 12.1. The maximum Gasteiger partial charge on any atom is 0.421 e. The molecule has 22 heavy (non-hydrogen) atoms. The first-order valence-electron chi connectivity index (χ1n) is 6.62. The molecule has 0 heterocycles. The van der Waals surface area contributed by atoms with Gasteiger partial charge in [-0.2, -0.15) is 13.2 Å². The summed E-state index contributed by atoms with van der Waals surface area (Å²) in [7, 11) is 0. The molecule has 1 atom stereocenters. The molecule has 2 nitrogen and oxygen atoms in total. The molecule has 0 bridgehead atoms. The van der Waals surface area contributed by atoms with Gasteiger partial charge in [-0.25, -0.2) is 0 Å². The second kappa shape index (κ2) is 5.57. The van der Waals surface area contributed by atoms with Gasteiger partial charge in [-0.1, -0.05) is 36.4 Å². The van der Waals surface area contributed by atoms with Gasteiger partial charge in [0.1, 0.15) is 6.29 Å². The molecule has 2 rings (SSSR count). The minimum absolute atomic E-state index is 0.217. The highest BCUT2D eigenvalue weighted by atomic mass is 19.4. The van der Waals surface area contributed by atoms with Crippen LogP contribution in [0.1, 0.15) is 28.4 Å². The van der Waals surface area contributed by atoms with Gasteiger partial charge in [0.15, 0.2) is 5.60 Å². The standard InChI is InChI=1S/C17H15F3O2/c1-11-9-12(10-21)3-8-15(11)13-4-6-14(7-5-13)16(2,22)17(18,19)20/h3-10,22H,1-2H3. The Morgan fingerprint density at radius 3 is 2.09 bits per heavy atom. The fourth-order valence-electron chi connectivity index (χ4n) is 2.22. The lowest BCUT2D eigenvalue weighted by Crippen LogP contribution is -2.39. The number of carbonyl (C=O) groups excluding carboxylic acids is 1. The summed E-state index contributed by atoms with van der Waals surface area (Å²) in [6.45, 7) is 2.55. The van der Waals surface area contributed by atoms with Crippen molar-refractivity contribution in [2.45, 2.75) is 25.6 Å². The lowest BCUT2D eigenvalue weighted by atomic mass is 9.92. The Kier molecular flexibility index (Phi) is 4.11. The molecule has 0 aliphatic rings. The van der Waals surface area contributed by atoms with E-state index in [2.05, 4.69) is 0 Å². The SMILES string of the molecule is Cc1cc(C=O)ccc1-c1ccc(C(C)(O)C(F)(F)F)cc1. The zero-order chi connectivity index (χ0) is 16.5. The van der Waals surface area contributed by atoms with Crippen LogP contribution in [0.3, 0.4) is 0 Å². The minimum atomic E-state index is -4.74. The van der Waals surface area contributed by atoms with Crippen molar-refractivity contribution in [3.8, 4) is 11.1 Å². The fourth-order valence-corrected chi connectivity index (χ4v) is 2.22. The van der Waals surface area contributed by atoms with Crippen molar-refractivity contribution in [3.05, 3.63) is 59.2 Å². The summed E-state index contributed by atoms with van der Waals surface area (Å²) in [6.07, 6.45) is -4.00. The maximum atomic E-state index is 12.8. The van der Waals surface area contributed by atoms with E-state index in [4.69, 9.17) is 0 Å². The van der Waals surface area contributed by atoms with Crippen molar-refractivity contribution in [2.24, 2.45) is 0 Å². The van der Waals surface area contributed by atoms with Crippen LogP contribution in [0.15, 0.2) is 42.5 Å². The van der Waals surface area contributed by atoms with Gasteiger partial charge >= 0.3 is 6.18 Å². The van der Waals surface area contributed by atoms with Crippen LogP contribution in [0.5, 0.6) is 0 Å². The van der Waals surface area contributed by atoms with Crippen LogP contribution in [0.25, 0.3) is 11.1 Å². The third-order valence-corrected chi connectivity index (χ3v) is 3.70. The lowest BCUT2D eigenvalue weighted by Gasteiger charge is -2.26. The molecule has 1 N–H and O–H groups in total. The fraction of sp³-hybridized carbons (Fsp3) is 0.235. The van der Waals surface area contributed by atoms with Crippen LogP contribution in [0, 0.1) is 6.92 Å². The topological polar surface area (TPSA) is 37.3 Å². The molecule has 5 heteroatoms. The predicted octanol–water partition coefficient (Wildman–Crippen LogP) is 4.24. The Bertz CT molecular complexity index is 686. The monoisotopic (exact) mass is 308 g/mol. The Balaban J connectivity index is 2.40. The molecular weight excluding hydrogens is 293 g/mol. The first kappa shape index (κ1) is 16.2. The van der Waals surface area contributed by atoms with Gasteiger partial charge in [-0.15, -0.1) is 0 Å². The molecule has 0 amide bonds. The number of hydrogen-bond acceptors (Lipinski definition) is 2. The van der Waals surface area contributed by atoms with Gasteiger partial charge in [-0.05, 0) is 42.2 Å². The molecule has 0 aliphatic carbocycles. The van der Waals surface area contributed by atoms with E-state index in [0.29, 0.717) is 5.56 Å². The summed E-state index contributed by atoms with van der Waals surface area (Å²) in [5.41, 5.74) is -0.175. The third kappa shape index (κ3) is 2.90. The number of carbonyl (C=O) groups is 1. The molecule has 0 radical (unpaired) electrons. The van der Waals surface area contributed by atoms with E-state index >= 15 is 0 Å². The van der Waals surface area contributed by atoms with Crippen molar-refractivity contribution in [1.29, 1.82) is 0 Å². The molecule has 0 aliphatic heterocycles. The van der Waals surface area contributed by atoms with E-state index in [0.717, 1.165) is 29.9 Å². The summed E-state index contributed by atoms with van der Waals surface area (Å²) in [5, 5.41) is 9.64. The van der Waals surface area contributed by atoms with Gasteiger partial charge < -0.3 is 5.11 Å². The molecule has 116 valence electrons. The Morgan fingerprint density at radius 1 is 1.05 bits per heavy atom. The Morgan fingerprint density at radius 2 is 1.64 bits per heavy atom. The molecule has 0 spiro atoms. The summed E-state index contributed by atoms with van der Waals surface area (Å²) < 4.78 is 38.4. The van der Waals surface area contributed by atoms with Crippen LogP contribution in [-0.2, 0) is 5.60 Å². The van der Waals surface area contributed by atoms with E-state index in [-0.39, 0.29) is 5.56 Å². The second-order valence-electron chi connectivity index (χ2n) is 5.34. The van der Waals surface area contributed by atoms with Gasteiger partial charge in [0.25, 0.3) is 0 Å². The average molecular weight is 308 g/mol. The average Bonchev–Trinajstić information content (AvgIpc) is 2.46. The molecule has 1 unspecified atom stereocenters. The largest absolute Gasteiger partial charge is 0.421 e. The minimum Gasteiger partial charge on any atom is -0.376 e. The predicted molar refractivity (Wildman–Crippen MR) is 77.6 cm³/mol. The van der Waals surface area contributed by atoms with Crippen molar-refractivity contribution < 1.29 is 23.1 Å². The van der Waals surface area contributed by atoms with Crippen LogP contribution in [-0.4, -0.2) is 17.6 Å². The third-order valence-electron chi connectivity index (χ3n) is 3.70. The molecular formula is C17H15F3O2.